The summed E-state index contributed by atoms with van der Waals surface area (Å²) in [5, 5.41) is 77.9. The Balaban J connectivity index is -0.0000000823. The van der Waals surface area contributed by atoms with E-state index in [1.807, 2.05) is 149 Å². The number of nitrogens with two attached hydrogens (primary N) is 8. The predicted octanol–water partition coefficient (Wildman–Crippen LogP) is 4.75. The number of nitrogens with zero attached hydrogens (tertiary/aromatic N) is 20. The molecule has 3 rings (SSSR count). The number of hydrazone groups is 3. The van der Waals surface area contributed by atoms with E-state index >= 15 is 0 Å². The fourth-order valence-corrected chi connectivity index (χ4v) is 4.44. The van der Waals surface area contributed by atoms with Gasteiger partial charge in [-0.05, 0) is 144 Å². The maximum atomic E-state index is 7.61. The van der Waals surface area contributed by atoms with E-state index in [0.717, 1.165) is 77.7 Å². The van der Waals surface area contributed by atoms with Crippen LogP contribution in [0.4, 0.5) is 0 Å². The standard InChI is InChI=1S/C6H13N3.C6H12N2.C6H14N2.C5H13N3.C5H10N2.3C5H12N2.C4H11N3.C4H10N2.C3H9N3.C3H8N2.C2H7N3.C2H6N2O.C2H6N2/c1-6(7)8-9-4-2-3-5-9;1-3-8-5-4-7-6(8)2;1-4-5-8(3)6(2)7;1-5(6)8(4)7(2)3;1-5-6-3-4-7(5)2;1-5(6-2)7(3)4;2*1-4-7(3)5(2)6;1-4(5)6-7(2)3;1-4(5)6(2)3;1-3(4)6(2)5;1-3(4)5-2;1-2(3)5-4;1-2(3)4-5;1-2(3)4/h2-5H2,1H3,(H2,7,8);3-5H2,1-2H3;7H,4-5H2,1-3H3;6H,1-4H3;3-4H2,1-2H3;1-4H3;2*6H,4H2,1-3H3;1-3H3,(H2,5,6);5H,1-3H3;4H,5H2,1-2H3;1-2H3,(H2,4,5);4H2,1H3,(H2,3,5);5H,1H3,(H2,3,4);1H3,(H3,3,4). The van der Waals surface area contributed by atoms with E-state index in [0.29, 0.717) is 58.4 Å². The maximum absolute atomic E-state index is 7.61. The highest BCUT2D eigenvalue weighted by atomic mass is 16.4. The zero-order valence-electron chi connectivity index (χ0n) is 69.2. The van der Waals surface area contributed by atoms with E-state index in [9.17, 15) is 0 Å². The van der Waals surface area contributed by atoms with Crippen LogP contribution < -0.4 is 46.1 Å². The second kappa shape index (κ2) is 79.9. The summed E-state index contributed by atoms with van der Waals surface area (Å²) in [6, 6.07) is 0. The van der Waals surface area contributed by atoms with Crippen molar-refractivity contribution in [1.82, 2.24) is 59.3 Å². The van der Waals surface area contributed by atoms with Gasteiger partial charge in [-0.1, -0.05) is 12.1 Å². The van der Waals surface area contributed by atoms with Crippen LogP contribution in [0.25, 0.3) is 0 Å². The Morgan fingerprint density at radius 3 is 0.929 bits per heavy atom. The minimum absolute atomic E-state index is 0.167. The second-order valence-corrected chi connectivity index (χ2v) is 22.4. The van der Waals surface area contributed by atoms with Gasteiger partial charge in [0.1, 0.15) is 35.0 Å². The van der Waals surface area contributed by atoms with Gasteiger partial charge in [0.05, 0.1) is 65.6 Å². The van der Waals surface area contributed by atoms with Gasteiger partial charge < -0.3 is 89.8 Å². The SMILES string of the molecule is CC(=N)N.CC(=N)N(C)C.CC(=N)N(C)N.CC(=N)N(C)N(C)C.CC(N)=NN.CC(N)=NN(C)C.CC(N)=NN1CCCC1.CC(N)=NO.CC1=NCCN1C.CCCN(C)C(C)=N.CCN(C)C(C)=N.CCN(C)C(C)=N.CCN1CCN=C1C.CN=C(C)N.CN=C(C)N(C)C. The molecule has 0 aromatic heterocycles. The van der Waals surface area contributed by atoms with Crippen molar-refractivity contribution in [2.75, 3.05) is 178 Å². The molecule has 0 radical (unpaired) electrons. The first-order valence-electron chi connectivity index (χ1n) is 32.2. The van der Waals surface area contributed by atoms with Gasteiger partial charge in [0.15, 0.2) is 0 Å². The molecule has 0 atom stereocenters. The smallest absolute Gasteiger partial charge is 0.135 e. The molecule has 3 aliphatic rings. The monoisotopic (exact) mass is 1420 g/mol. The molecule has 0 bridgehead atoms. The summed E-state index contributed by atoms with van der Waals surface area (Å²) in [6.45, 7) is 45.2. The van der Waals surface area contributed by atoms with Gasteiger partial charge in [-0.15, -0.1) is 0 Å². The van der Waals surface area contributed by atoms with E-state index in [1.54, 1.807) is 98.4 Å². The van der Waals surface area contributed by atoms with Gasteiger partial charge in [-0.25, -0.2) is 10.9 Å². The van der Waals surface area contributed by atoms with Gasteiger partial charge in [0.2, 0.25) is 0 Å². The molecule has 36 nitrogen and oxygen atoms in total. The van der Waals surface area contributed by atoms with Crippen molar-refractivity contribution in [3.8, 4) is 0 Å². The van der Waals surface area contributed by atoms with E-state index in [4.69, 9.17) is 83.3 Å². The first-order chi connectivity index (χ1) is 45.2. The average Bonchev–Trinajstić information content (AvgIpc) is 1.86. The summed E-state index contributed by atoms with van der Waals surface area (Å²) in [5.74, 6) is 19.2. The fourth-order valence-electron chi connectivity index (χ4n) is 4.44. The van der Waals surface area contributed by atoms with Crippen molar-refractivity contribution < 1.29 is 5.21 Å². The van der Waals surface area contributed by atoms with Crippen LogP contribution in [0.1, 0.15) is 151 Å². The third-order valence-electron chi connectivity index (χ3n) is 11.8. The Hall–Kier alpha value is -8.83. The number of hydrogen-bond acceptors (Lipinski definition) is 23. The first kappa shape index (κ1) is 117. The lowest BCUT2D eigenvalue weighted by molar-refractivity contribution is 0.142. The minimum Gasteiger partial charge on any atom is -0.409 e. The first-order valence-corrected chi connectivity index (χ1v) is 32.2. The van der Waals surface area contributed by atoms with Gasteiger partial charge >= 0.3 is 0 Å². The van der Waals surface area contributed by atoms with Gasteiger partial charge in [0, 0.05) is 165 Å². The molecular formula is C63H155N35O. The summed E-state index contributed by atoms with van der Waals surface area (Å²) >= 11 is 0. The Morgan fingerprint density at radius 1 is 0.505 bits per heavy atom. The molecule has 0 saturated carbocycles. The lowest BCUT2D eigenvalue weighted by Crippen LogP contribution is -2.36. The molecule has 3 heterocycles. The number of aliphatic imine (C=N–C) groups is 4. The second-order valence-electron chi connectivity index (χ2n) is 22.4. The van der Waals surface area contributed by atoms with E-state index in [2.05, 4.69) is 83.9 Å². The molecule has 24 N–H and O–H groups in total. The summed E-state index contributed by atoms with van der Waals surface area (Å²) < 4.78 is 0. The van der Waals surface area contributed by atoms with E-state index < -0.39 is 0 Å². The maximum Gasteiger partial charge on any atom is 0.135 e. The molecular weight excluding hydrogens is 1260 g/mol. The van der Waals surface area contributed by atoms with Gasteiger partial charge in [-0.3, -0.25) is 67.9 Å². The van der Waals surface area contributed by atoms with Crippen LogP contribution >= 0.6 is 0 Å². The van der Waals surface area contributed by atoms with Crippen molar-refractivity contribution in [1.29, 1.82) is 37.9 Å². The molecule has 1 fully saturated rings. The molecule has 588 valence electrons. The molecule has 1 saturated heterocycles. The number of likely N-dealkylation sites (N-methyl/N-ethyl adjacent to an activating group) is 2. The Kier molecular flexibility index (Phi) is 94.6. The zero-order valence-corrected chi connectivity index (χ0v) is 69.2. The highest BCUT2D eigenvalue weighted by Crippen LogP contribution is 2.06. The predicted molar refractivity (Wildman–Crippen MR) is 436 cm³/mol. The number of hydrogen-bond donors (Lipinski definition) is 16. The molecule has 36 heteroatoms. The van der Waals surface area contributed by atoms with Crippen molar-refractivity contribution in [3.05, 3.63) is 0 Å². The molecule has 0 amide bonds. The third kappa shape index (κ3) is 120. The molecule has 99 heavy (non-hydrogen) atoms. The summed E-state index contributed by atoms with van der Waals surface area (Å²) in [5.41, 5.74) is 30.0. The highest BCUT2D eigenvalue weighted by molar-refractivity contribution is 5.82. The third-order valence-corrected chi connectivity index (χ3v) is 11.8. The normalized spacial score (nSPS) is 12.2. The van der Waals surface area contributed by atoms with Crippen molar-refractivity contribution in [2.45, 2.75) is 151 Å². The van der Waals surface area contributed by atoms with Crippen LogP contribution in [0.15, 0.2) is 40.4 Å². The Labute approximate surface area is 603 Å². The molecule has 3 aliphatic heterocycles. The number of amidine groups is 15. The van der Waals surface area contributed by atoms with E-state index in [1.165, 1.54) is 43.4 Å². The quantitative estimate of drug-likeness (QED) is 0.0512. The van der Waals surface area contributed by atoms with Crippen LogP contribution in [-0.4, -0.2) is 330 Å². The average molecular weight is 1420 g/mol. The molecule has 0 aromatic carbocycles. The Morgan fingerprint density at radius 2 is 0.848 bits per heavy atom. The minimum atomic E-state index is 0.167. The number of oxime groups is 1. The zero-order chi connectivity index (χ0) is 81.4. The largest absolute Gasteiger partial charge is 0.409 e. The van der Waals surface area contributed by atoms with Crippen LogP contribution in [0, 0.1) is 37.9 Å². The molecule has 0 aliphatic carbocycles. The van der Waals surface area contributed by atoms with E-state index in [-0.39, 0.29) is 11.7 Å². The lowest BCUT2D eigenvalue weighted by atomic mass is 10.4. The van der Waals surface area contributed by atoms with Crippen LogP contribution in [0.5, 0.6) is 0 Å². The summed E-state index contributed by atoms with van der Waals surface area (Å²) in [4.78, 5) is 29.7. The fraction of sp³-hybridized carbons (Fsp3) is 0.762. The van der Waals surface area contributed by atoms with Crippen LogP contribution in [0.2, 0.25) is 0 Å². The lowest BCUT2D eigenvalue weighted by Gasteiger charge is -2.24. The van der Waals surface area contributed by atoms with Gasteiger partial charge in [0.25, 0.3) is 0 Å². The molecule has 0 aromatic rings. The highest BCUT2D eigenvalue weighted by Gasteiger charge is 2.09. The van der Waals surface area contributed by atoms with Crippen molar-refractivity contribution >= 4 is 87.5 Å². The Bertz CT molecular complexity index is 2160. The molecule has 0 spiro atoms. The van der Waals surface area contributed by atoms with Crippen molar-refractivity contribution in [3.63, 3.8) is 0 Å². The van der Waals surface area contributed by atoms with Gasteiger partial charge in [-0.2, -0.15) is 15.3 Å². The van der Waals surface area contributed by atoms with Crippen LogP contribution in [0.3, 0.4) is 0 Å². The van der Waals surface area contributed by atoms with Crippen molar-refractivity contribution in [2.24, 2.45) is 86.5 Å². The topological polar surface area (TPSA) is 533 Å². The van der Waals surface area contributed by atoms with Crippen LogP contribution in [-0.2, 0) is 0 Å². The number of hydrazine groups is 2. The number of nitrogens with one attached hydrogen (secondary N) is 7. The summed E-state index contributed by atoms with van der Waals surface area (Å²) in [6.07, 6.45) is 3.64. The number of rotatable bonds is 8. The summed E-state index contributed by atoms with van der Waals surface area (Å²) in [7, 11) is 29.8. The molecule has 0 unspecified atom stereocenters.